The highest BCUT2D eigenvalue weighted by atomic mass is 19.3. The Balaban J connectivity index is 2.93. The SMILES string of the molecule is CC(C)c1cccc(C(O)C(F)F)c1. The summed E-state index contributed by atoms with van der Waals surface area (Å²) in [6, 6.07) is 6.70. The number of hydrogen-bond donors (Lipinski definition) is 1. The molecule has 1 nitrogen and oxygen atoms in total. The summed E-state index contributed by atoms with van der Waals surface area (Å²) in [6.07, 6.45) is -4.40. The van der Waals surface area contributed by atoms with Gasteiger partial charge in [0.25, 0.3) is 6.43 Å². The standard InChI is InChI=1S/C11H14F2O/c1-7(2)8-4-3-5-9(6-8)10(14)11(12)13/h3-7,10-11,14H,1-2H3. The number of aliphatic hydroxyl groups is 1. The molecule has 1 rings (SSSR count). The monoisotopic (exact) mass is 200 g/mol. The fraction of sp³-hybridized carbons (Fsp3) is 0.455. The van der Waals surface area contributed by atoms with Gasteiger partial charge in [-0.2, -0.15) is 0 Å². The summed E-state index contributed by atoms with van der Waals surface area (Å²) >= 11 is 0. The van der Waals surface area contributed by atoms with E-state index in [0.717, 1.165) is 5.56 Å². The Bertz CT molecular complexity index is 297. The van der Waals surface area contributed by atoms with Gasteiger partial charge in [0, 0.05) is 0 Å². The molecule has 0 saturated heterocycles. The average Bonchev–Trinajstić information content (AvgIpc) is 2.16. The zero-order chi connectivity index (χ0) is 10.7. The molecule has 0 bridgehead atoms. The molecule has 0 radical (unpaired) electrons. The fourth-order valence-corrected chi connectivity index (χ4v) is 1.25. The molecule has 78 valence electrons. The molecule has 1 aromatic rings. The summed E-state index contributed by atoms with van der Waals surface area (Å²) in [5, 5.41) is 9.15. The third-order valence-corrected chi connectivity index (χ3v) is 2.16. The minimum absolute atomic E-state index is 0.278. The van der Waals surface area contributed by atoms with Crippen molar-refractivity contribution in [1.82, 2.24) is 0 Å². The third kappa shape index (κ3) is 2.51. The van der Waals surface area contributed by atoms with Gasteiger partial charge in [0.1, 0.15) is 6.10 Å². The highest BCUT2D eigenvalue weighted by Gasteiger charge is 2.19. The van der Waals surface area contributed by atoms with E-state index in [2.05, 4.69) is 0 Å². The topological polar surface area (TPSA) is 20.2 Å². The fourth-order valence-electron chi connectivity index (χ4n) is 1.25. The zero-order valence-electron chi connectivity index (χ0n) is 8.24. The lowest BCUT2D eigenvalue weighted by Gasteiger charge is -2.12. The number of rotatable bonds is 3. The van der Waals surface area contributed by atoms with E-state index >= 15 is 0 Å². The maximum absolute atomic E-state index is 12.2. The molecular weight excluding hydrogens is 186 g/mol. The quantitative estimate of drug-likeness (QED) is 0.794. The van der Waals surface area contributed by atoms with E-state index in [0.29, 0.717) is 0 Å². The number of alkyl halides is 2. The number of hydrogen-bond acceptors (Lipinski definition) is 1. The van der Waals surface area contributed by atoms with Crippen LogP contribution in [0.2, 0.25) is 0 Å². The van der Waals surface area contributed by atoms with Gasteiger partial charge in [-0.1, -0.05) is 38.1 Å². The lowest BCUT2D eigenvalue weighted by molar-refractivity contribution is -0.00582. The van der Waals surface area contributed by atoms with Crippen LogP contribution < -0.4 is 0 Å². The van der Waals surface area contributed by atoms with E-state index in [1.807, 2.05) is 19.9 Å². The van der Waals surface area contributed by atoms with Crippen molar-refractivity contribution in [3.8, 4) is 0 Å². The van der Waals surface area contributed by atoms with Gasteiger partial charge in [0.2, 0.25) is 0 Å². The van der Waals surface area contributed by atoms with Gasteiger partial charge in [-0.3, -0.25) is 0 Å². The first-order chi connectivity index (χ1) is 6.52. The first-order valence-corrected chi connectivity index (χ1v) is 4.58. The molecule has 0 aromatic heterocycles. The van der Waals surface area contributed by atoms with E-state index in [1.165, 1.54) is 6.07 Å². The van der Waals surface area contributed by atoms with Crippen LogP contribution in [0.25, 0.3) is 0 Å². The molecule has 1 unspecified atom stereocenters. The summed E-state index contributed by atoms with van der Waals surface area (Å²) in [6.45, 7) is 3.96. The van der Waals surface area contributed by atoms with Crippen LogP contribution in [0.15, 0.2) is 24.3 Å². The number of halogens is 2. The van der Waals surface area contributed by atoms with E-state index in [9.17, 15) is 8.78 Å². The molecule has 0 spiro atoms. The molecule has 1 aromatic carbocycles. The van der Waals surface area contributed by atoms with Crippen molar-refractivity contribution in [1.29, 1.82) is 0 Å². The second-order valence-corrected chi connectivity index (χ2v) is 3.60. The second kappa shape index (κ2) is 4.51. The van der Waals surface area contributed by atoms with Gasteiger partial charge in [-0.15, -0.1) is 0 Å². The van der Waals surface area contributed by atoms with E-state index in [1.54, 1.807) is 12.1 Å². The summed E-state index contributed by atoms with van der Waals surface area (Å²) in [5.74, 6) is 0.278. The van der Waals surface area contributed by atoms with E-state index in [-0.39, 0.29) is 11.5 Å². The highest BCUT2D eigenvalue weighted by Crippen LogP contribution is 2.23. The minimum Gasteiger partial charge on any atom is -0.382 e. The van der Waals surface area contributed by atoms with Crippen molar-refractivity contribution in [2.45, 2.75) is 32.3 Å². The Kier molecular flexibility index (Phi) is 3.58. The number of aliphatic hydroxyl groups excluding tert-OH is 1. The van der Waals surface area contributed by atoms with Crippen molar-refractivity contribution in [3.05, 3.63) is 35.4 Å². The molecule has 0 amide bonds. The summed E-state index contributed by atoms with van der Waals surface area (Å²) in [7, 11) is 0. The van der Waals surface area contributed by atoms with Gasteiger partial charge >= 0.3 is 0 Å². The molecule has 0 aliphatic carbocycles. The summed E-state index contributed by atoms with van der Waals surface area (Å²) in [5.41, 5.74) is 1.24. The van der Waals surface area contributed by atoms with Gasteiger partial charge in [0.05, 0.1) is 0 Å². The molecular formula is C11H14F2O. The molecule has 0 fully saturated rings. The predicted molar refractivity (Wildman–Crippen MR) is 51.5 cm³/mol. The predicted octanol–water partition coefficient (Wildman–Crippen LogP) is 3.11. The molecule has 0 aliphatic heterocycles. The van der Waals surface area contributed by atoms with Crippen molar-refractivity contribution < 1.29 is 13.9 Å². The second-order valence-electron chi connectivity index (χ2n) is 3.60. The Morgan fingerprint density at radius 1 is 1.14 bits per heavy atom. The normalized spacial score (nSPS) is 13.6. The van der Waals surface area contributed by atoms with Crippen molar-refractivity contribution in [2.24, 2.45) is 0 Å². The van der Waals surface area contributed by atoms with Crippen LogP contribution >= 0.6 is 0 Å². The average molecular weight is 200 g/mol. The Morgan fingerprint density at radius 2 is 1.71 bits per heavy atom. The molecule has 0 heterocycles. The smallest absolute Gasteiger partial charge is 0.268 e. The molecule has 1 atom stereocenters. The largest absolute Gasteiger partial charge is 0.382 e. The van der Waals surface area contributed by atoms with Gasteiger partial charge in [-0.25, -0.2) is 8.78 Å². The van der Waals surface area contributed by atoms with Crippen LogP contribution in [0.3, 0.4) is 0 Å². The van der Waals surface area contributed by atoms with Gasteiger partial charge in [-0.05, 0) is 17.0 Å². The van der Waals surface area contributed by atoms with Gasteiger partial charge < -0.3 is 5.11 Å². The number of benzene rings is 1. The summed E-state index contributed by atoms with van der Waals surface area (Å²) in [4.78, 5) is 0. The third-order valence-electron chi connectivity index (χ3n) is 2.16. The highest BCUT2D eigenvalue weighted by molar-refractivity contribution is 5.27. The van der Waals surface area contributed by atoms with Crippen LogP contribution in [-0.2, 0) is 0 Å². The van der Waals surface area contributed by atoms with Crippen LogP contribution in [-0.4, -0.2) is 11.5 Å². The Morgan fingerprint density at radius 3 is 2.21 bits per heavy atom. The maximum atomic E-state index is 12.2. The van der Waals surface area contributed by atoms with Crippen LogP contribution in [0.4, 0.5) is 8.78 Å². The van der Waals surface area contributed by atoms with Crippen LogP contribution in [0, 0.1) is 0 Å². The minimum atomic E-state index is -2.72. The summed E-state index contributed by atoms with van der Waals surface area (Å²) < 4.78 is 24.4. The first kappa shape index (κ1) is 11.1. The molecule has 0 aliphatic rings. The van der Waals surface area contributed by atoms with Crippen molar-refractivity contribution in [3.63, 3.8) is 0 Å². The molecule has 14 heavy (non-hydrogen) atoms. The van der Waals surface area contributed by atoms with E-state index < -0.39 is 12.5 Å². The Hall–Kier alpha value is -0.960. The Labute approximate surface area is 82.4 Å². The molecule has 3 heteroatoms. The van der Waals surface area contributed by atoms with Crippen molar-refractivity contribution >= 4 is 0 Å². The lowest BCUT2D eigenvalue weighted by Crippen LogP contribution is -2.08. The van der Waals surface area contributed by atoms with Gasteiger partial charge in [0.15, 0.2) is 0 Å². The lowest BCUT2D eigenvalue weighted by atomic mass is 9.99. The molecule has 1 N–H and O–H groups in total. The van der Waals surface area contributed by atoms with E-state index in [4.69, 9.17) is 5.11 Å². The van der Waals surface area contributed by atoms with Crippen molar-refractivity contribution in [2.75, 3.05) is 0 Å². The first-order valence-electron chi connectivity index (χ1n) is 4.58. The molecule has 0 saturated carbocycles. The van der Waals surface area contributed by atoms with Crippen LogP contribution in [0.1, 0.15) is 37.0 Å². The zero-order valence-corrected chi connectivity index (χ0v) is 8.24. The van der Waals surface area contributed by atoms with Crippen LogP contribution in [0.5, 0.6) is 0 Å². The maximum Gasteiger partial charge on any atom is 0.268 e.